The van der Waals surface area contributed by atoms with Gasteiger partial charge in [0.05, 0.1) is 5.69 Å². The summed E-state index contributed by atoms with van der Waals surface area (Å²) in [4.78, 5) is 23.9. The van der Waals surface area contributed by atoms with E-state index in [1.54, 1.807) is 6.07 Å². The molecule has 0 aliphatic heterocycles. The zero-order chi connectivity index (χ0) is 19.2. The number of hydrogen-bond donors (Lipinski definition) is 3. The molecule has 0 aliphatic rings. The fraction of sp³-hybridized carbons (Fsp3) is 0.143. The van der Waals surface area contributed by atoms with Gasteiger partial charge in [0.15, 0.2) is 6.54 Å². The summed E-state index contributed by atoms with van der Waals surface area (Å²) in [6.45, 7) is 2.09. The summed E-state index contributed by atoms with van der Waals surface area (Å²) >= 11 is 0. The Kier molecular flexibility index (Phi) is 5.78. The summed E-state index contributed by atoms with van der Waals surface area (Å²) < 4.78 is 13.5. The molecule has 3 aromatic carbocycles. The van der Waals surface area contributed by atoms with Crippen molar-refractivity contribution in [1.82, 2.24) is 5.32 Å². The minimum absolute atomic E-state index is 0.0240. The Morgan fingerprint density at radius 2 is 1.70 bits per heavy atom. The van der Waals surface area contributed by atoms with Gasteiger partial charge in [0.25, 0.3) is 5.91 Å². The number of urea groups is 1. The molecular weight excluding hydrogens is 345 g/mol. The quantitative estimate of drug-likeness (QED) is 0.649. The lowest BCUT2D eigenvalue weighted by molar-refractivity contribution is -0.682. The third-order valence-electron chi connectivity index (χ3n) is 4.35. The molecule has 5 nitrogen and oxygen atoms in total. The largest absolute Gasteiger partial charge is 0.332 e. The van der Waals surface area contributed by atoms with Gasteiger partial charge in [-0.25, -0.2) is 9.18 Å². The van der Waals surface area contributed by atoms with Crippen LogP contribution >= 0.6 is 0 Å². The highest BCUT2D eigenvalue weighted by Gasteiger charge is 2.16. The number of carbonyl (C=O) groups is 2. The maximum atomic E-state index is 13.5. The van der Waals surface area contributed by atoms with Crippen molar-refractivity contribution in [2.45, 2.75) is 13.0 Å². The van der Waals surface area contributed by atoms with Crippen molar-refractivity contribution >= 4 is 28.4 Å². The lowest BCUT2D eigenvalue weighted by Gasteiger charge is -2.13. The van der Waals surface area contributed by atoms with E-state index in [1.165, 1.54) is 18.2 Å². The molecular formula is C21H21FN3O2+. The molecule has 4 N–H and O–H groups in total. The van der Waals surface area contributed by atoms with Gasteiger partial charge in [-0.15, -0.1) is 0 Å². The number of para-hydroxylation sites is 1. The van der Waals surface area contributed by atoms with E-state index in [4.69, 9.17) is 0 Å². The van der Waals surface area contributed by atoms with E-state index >= 15 is 0 Å². The topological polar surface area (TPSA) is 74.8 Å². The minimum atomic E-state index is -0.753. The molecule has 0 spiro atoms. The Labute approximate surface area is 156 Å². The predicted molar refractivity (Wildman–Crippen MR) is 103 cm³/mol. The van der Waals surface area contributed by atoms with E-state index in [-0.39, 0.29) is 18.3 Å². The molecule has 3 rings (SSSR count). The molecule has 27 heavy (non-hydrogen) atoms. The van der Waals surface area contributed by atoms with Gasteiger partial charge in [-0.1, -0.05) is 54.6 Å². The van der Waals surface area contributed by atoms with Gasteiger partial charge in [0.1, 0.15) is 11.9 Å². The fourth-order valence-electron chi connectivity index (χ4n) is 2.95. The maximum absolute atomic E-state index is 13.5. The average Bonchev–Trinajstić information content (AvgIpc) is 2.67. The third-order valence-corrected chi connectivity index (χ3v) is 4.35. The molecule has 0 bridgehead atoms. The lowest BCUT2D eigenvalue weighted by Crippen LogP contribution is -2.87. The van der Waals surface area contributed by atoms with Crippen LogP contribution in [0.3, 0.4) is 0 Å². The Morgan fingerprint density at radius 1 is 1.00 bits per heavy atom. The predicted octanol–water partition coefficient (Wildman–Crippen LogP) is 2.95. The van der Waals surface area contributed by atoms with Gasteiger partial charge in [-0.05, 0) is 29.8 Å². The SMILES string of the molecule is C[C@H]([NH2+]CC(=O)NC(=O)Nc1ccccc1F)c1cccc2ccccc12. The number of nitrogens with two attached hydrogens (primary N) is 1. The highest BCUT2D eigenvalue weighted by molar-refractivity contribution is 6.01. The molecule has 3 amide bonds. The van der Waals surface area contributed by atoms with Crippen LogP contribution in [0.1, 0.15) is 18.5 Å². The number of rotatable bonds is 5. The Hall–Kier alpha value is -3.25. The summed E-state index contributed by atoms with van der Waals surface area (Å²) in [7, 11) is 0. The highest BCUT2D eigenvalue weighted by atomic mass is 19.1. The van der Waals surface area contributed by atoms with Crippen molar-refractivity contribution in [3.8, 4) is 0 Å². The highest BCUT2D eigenvalue weighted by Crippen LogP contribution is 2.22. The molecule has 138 valence electrons. The number of amides is 3. The monoisotopic (exact) mass is 366 g/mol. The summed E-state index contributed by atoms with van der Waals surface area (Å²) in [6, 6.07) is 19.2. The Bertz CT molecular complexity index is 969. The number of imide groups is 1. The summed E-state index contributed by atoms with van der Waals surface area (Å²) in [5, 5.41) is 8.68. The van der Waals surface area contributed by atoms with Crippen LogP contribution in [0.4, 0.5) is 14.9 Å². The molecule has 0 fully saturated rings. The molecule has 0 unspecified atom stereocenters. The second-order valence-corrected chi connectivity index (χ2v) is 6.28. The van der Waals surface area contributed by atoms with Crippen LogP contribution in [-0.2, 0) is 4.79 Å². The molecule has 0 saturated carbocycles. The van der Waals surface area contributed by atoms with Crippen molar-refractivity contribution in [1.29, 1.82) is 0 Å². The first-order valence-electron chi connectivity index (χ1n) is 8.71. The van der Waals surface area contributed by atoms with E-state index in [1.807, 2.05) is 48.6 Å². The molecule has 0 aromatic heterocycles. The number of halogens is 1. The Morgan fingerprint density at radius 3 is 2.52 bits per heavy atom. The van der Waals surface area contributed by atoms with Gasteiger partial charge in [0, 0.05) is 5.56 Å². The van der Waals surface area contributed by atoms with Gasteiger partial charge < -0.3 is 10.6 Å². The van der Waals surface area contributed by atoms with E-state index in [2.05, 4.69) is 16.7 Å². The van der Waals surface area contributed by atoms with E-state index in [0.29, 0.717) is 0 Å². The van der Waals surface area contributed by atoms with Gasteiger partial charge >= 0.3 is 6.03 Å². The van der Waals surface area contributed by atoms with Crippen LogP contribution < -0.4 is 16.0 Å². The van der Waals surface area contributed by atoms with Crippen LogP contribution in [0.5, 0.6) is 0 Å². The zero-order valence-electron chi connectivity index (χ0n) is 14.9. The number of benzene rings is 3. The van der Waals surface area contributed by atoms with Crippen molar-refractivity contribution in [2.24, 2.45) is 0 Å². The molecule has 1 atom stereocenters. The first-order valence-corrected chi connectivity index (χ1v) is 8.71. The van der Waals surface area contributed by atoms with Crippen LogP contribution in [0.15, 0.2) is 66.7 Å². The first kappa shape index (κ1) is 18.5. The zero-order valence-corrected chi connectivity index (χ0v) is 14.9. The summed E-state index contributed by atoms with van der Waals surface area (Å²) in [6.07, 6.45) is 0. The standard InChI is InChI=1S/C21H20FN3O2/c1-14(16-10-6-8-15-7-2-3-9-17(15)16)23-13-20(26)25-21(27)24-19-12-5-4-11-18(19)22/h2-12,14,23H,13H2,1H3,(H2,24,25,26,27)/p+1/t14-/m0/s1. The van der Waals surface area contributed by atoms with Crippen LogP contribution in [-0.4, -0.2) is 18.5 Å². The number of quaternary nitrogens is 1. The number of fused-ring (bicyclic) bond motifs is 1. The summed E-state index contributed by atoms with van der Waals surface area (Å²) in [5.74, 6) is -1.01. The van der Waals surface area contributed by atoms with Gasteiger partial charge in [-0.2, -0.15) is 0 Å². The number of hydrogen-bond acceptors (Lipinski definition) is 2. The second kappa shape index (κ2) is 8.42. The normalized spacial score (nSPS) is 11.8. The first-order chi connectivity index (χ1) is 13.0. The van der Waals surface area contributed by atoms with Crippen molar-refractivity contribution < 1.29 is 19.3 Å². The fourth-order valence-corrected chi connectivity index (χ4v) is 2.95. The van der Waals surface area contributed by atoms with Crippen molar-refractivity contribution in [3.63, 3.8) is 0 Å². The van der Waals surface area contributed by atoms with Crippen LogP contribution in [0.2, 0.25) is 0 Å². The van der Waals surface area contributed by atoms with Gasteiger partial charge in [0.2, 0.25) is 0 Å². The molecule has 3 aromatic rings. The minimum Gasteiger partial charge on any atom is -0.332 e. The molecule has 6 heteroatoms. The van der Waals surface area contributed by atoms with Gasteiger partial charge in [-0.3, -0.25) is 10.1 Å². The number of nitrogens with one attached hydrogen (secondary N) is 2. The molecule has 0 aliphatic carbocycles. The van der Waals surface area contributed by atoms with E-state index in [0.717, 1.165) is 16.3 Å². The van der Waals surface area contributed by atoms with Crippen molar-refractivity contribution in [2.75, 3.05) is 11.9 Å². The lowest BCUT2D eigenvalue weighted by atomic mass is 10.00. The maximum Gasteiger partial charge on any atom is 0.326 e. The van der Waals surface area contributed by atoms with Crippen molar-refractivity contribution in [3.05, 3.63) is 78.1 Å². The molecule has 0 radical (unpaired) electrons. The van der Waals surface area contributed by atoms with Crippen LogP contribution in [0, 0.1) is 5.82 Å². The number of carbonyl (C=O) groups excluding carboxylic acids is 2. The smallest absolute Gasteiger partial charge is 0.326 e. The third kappa shape index (κ3) is 4.68. The van der Waals surface area contributed by atoms with E-state index < -0.39 is 17.8 Å². The molecule has 0 heterocycles. The number of anilines is 1. The van der Waals surface area contributed by atoms with E-state index in [9.17, 15) is 14.0 Å². The average molecular weight is 366 g/mol. The Balaban J connectivity index is 1.55. The van der Waals surface area contributed by atoms with Crippen LogP contribution in [0.25, 0.3) is 10.8 Å². The molecule has 0 saturated heterocycles. The summed E-state index contributed by atoms with van der Waals surface area (Å²) in [5.41, 5.74) is 1.15. The second-order valence-electron chi connectivity index (χ2n) is 6.28.